The van der Waals surface area contributed by atoms with Crippen LogP contribution in [0.5, 0.6) is 0 Å². The van der Waals surface area contributed by atoms with Crippen LogP contribution in [-0.4, -0.2) is 50.9 Å². The molecule has 1 saturated heterocycles. The lowest BCUT2D eigenvalue weighted by atomic mass is 11.9. The Morgan fingerprint density at radius 3 is 1.33 bits per heavy atom. The Bertz CT molecular complexity index is 141. The van der Waals surface area contributed by atoms with Crippen LogP contribution < -0.4 is 0 Å². The zero-order chi connectivity index (χ0) is 9.62. The van der Waals surface area contributed by atoms with Gasteiger partial charge in [-0.05, 0) is 0 Å². The molecule has 0 aromatic rings. The first kappa shape index (κ1) is 10.4. The van der Waals surface area contributed by atoms with E-state index in [4.69, 9.17) is 24.0 Å². The van der Waals surface area contributed by atoms with Crippen molar-refractivity contribution in [2.75, 3.05) is 0 Å². The monoisotopic (exact) mass is 232 g/mol. The van der Waals surface area contributed by atoms with Crippen molar-refractivity contribution in [3.05, 3.63) is 0 Å². The van der Waals surface area contributed by atoms with Gasteiger partial charge in [0.15, 0.2) is 0 Å². The Labute approximate surface area is 70.5 Å². The van der Waals surface area contributed by atoms with Crippen LogP contribution in [0, 0.1) is 0 Å². The zero-order valence-corrected chi connectivity index (χ0v) is 8.96. The molecular formula is CH8O8Si3. The van der Waals surface area contributed by atoms with E-state index in [1.807, 2.05) is 0 Å². The van der Waals surface area contributed by atoms with Gasteiger partial charge in [0.05, 0.1) is 0 Å². The van der Waals surface area contributed by atoms with Crippen molar-refractivity contribution in [1.29, 1.82) is 0 Å². The van der Waals surface area contributed by atoms with E-state index in [0.29, 0.717) is 0 Å². The second-order valence-electron chi connectivity index (χ2n) is 2.30. The van der Waals surface area contributed by atoms with Gasteiger partial charge in [0.1, 0.15) is 0 Å². The quantitative estimate of drug-likeness (QED) is 0.272. The minimum Gasteiger partial charge on any atom is -0.391 e. The molecule has 0 spiro atoms. The largest absolute Gasteiger partial charge is 0.660 e. The Kier molecular flexibility index (Phi) is 2.31. The Balaban J connectivity index is 2.81. The second kappa shape index (κ2) is 2.66. The van der Waals surface area contributed by atoms with E-state index in [0.717, 1.165) is 6.55 Å². The lowest BCUT2D eigenvalue weighted by Gasteiger charge is -2.36. The predicted octanol–water partition coefficient (Wildman–Crippen LogP) is -3.55. The van der Waals surface area contributed by atoms with Crippen molar-refractivity contribution in [3.8, 4) is 0 Å². The Morgan fingerprint density at radius 2 is 1.08 bits per heavy atom. The summed E-state index contributed by atoms with van der Waals surface area (Å²) in [5.41, 5.74) is 0. The summed E-state index contributed by atoms with van der Waals surface area (Å²) in [5.74, 6) is 0. The first-order valence-electron chi connectivity index (χ1n) is 2.84. The molecular weight excluding hydrogens is 224 g/mol. The number of hydrogen-bond donors (Lipinski definition) is 5. The van der Waals surface area contributed by atoms with Crippen LogP contribution in [0.2, 0.25) is 6.55 Å². The summed E-state index contributed by atoms with van der Waals surface area (Å²) >= 11 is 0. The van der Waals surface area contributed by atoms with Crippen LogP contribution >= 0.6 is 0 Å². The highest BCUT2D eigenvalue weighted by atomic mass is 28.6. The van der Waals surface area contributed by atoms with Crippen LogP contribution in [0.4, 0.5) is 0 Å². The highest BCUT2D eigenvalue weighted by molar-refractivity contribution is 6.82. The van der Waals surface area contributed by atoms with Gasteiger partial charge in [-0.1, -0.05) is 0 Å². The van der Waals surface area contributed by atoms with Crippen molar-refractivity contribution in [1.82, 2.24) is 0 Å². The van der Waals surface area contributed by atoms with Gasteiger partial charge in [0, 0.05) is 6.55 Å². The van der Waals surface area contributed by atoms with Crippen molar-refractivity contribution >= 4 is 26.9 Å². The van der Waals surface area contributed by atoms with Crippen LogP contribution in [0.25, 0.3) is 0 Å². The van der Waals surface area contributed by atoms with Gasteiger partial charge in [0.2, 0.25) is 0 Å². The van der Waals surface area contributed by atoms with Crippen molar-refractivity contribution < 1.29 is 36.3 Å². The molecule has 0 aliphatic carbocycles. The average Bonchev–Trinajstić information content (AvgIpc) is 1.44. The maximum atomic E-state index is 9.09. The maximum Gasteiger partial charge on any atom is 0.660 e. The van der Waals surface area contributed by atoms with E-state index in [1.54, 1.807) is 0 Å². The average molecular weight is 232 g/mol. The smallest absolute Gasteiger partial charge is 0.391 e. The van der Waals surface area contributed by atoms with Gasteiger partial charge in [-0.2, -0.15) is 0 Å². The van der Waals surface area contributed by atoms with Gasteiger partial charge in [0.25, 0.3) is 0 Å². The van der Waals surface area contributed by atoms with E-state index < -0.39 is 26.9 Å². The molecule has 1 aliphatic rings. The molecule has 8 nitrogen and oxygen atoms in total. The van der Waals surface area contributed by atoms with Crippen molar-refractivity contribution in [3.63, 3.8) is 0 Å². The Hall–Kier alpha value is 0.331. The highest BCUT2D eigenvalue weighted by Gasteiger charge is 2.64. The lowest BCUT2D eigenvalue weighted by Crippen LogP contribution is -2.70. The second-order valence-corrected chi connectivity index (χ2v) is 8.74. The molecule has 0 aromatic heterocycles. The molecule has 0 saturated carbocycles. The van der Waals surface area contributed by atoms with E-state index in [-0.39, 0.29) is 0 Å². The summed E-state index contributed by atoms with van der Waals surface area (Å²) in [5, 5.41) is 0. The van der Waals surface area contributed by atoms with E-state index in [9.17, 15) is 0 Å². The zero-order valence-electron chi connectivity index (χ0n) is 5.96. The van der Waals surface area contributed by atoms with Crippen LogP contribution in [0.15, 0.2) is 0 Å². The molecule has 72 valence electrons. The summed E-state index contributed by atoms with van der Waals surface area (Å²) in [4.78, 5) is 44.3. The first-order valence-corrected chi connectivity index (χ1v) is 8.53. The molecule has 1 fully saturated rings. The van der Waals surface area contributed by atoms with Gasteiger partial charge in [-0.3, -0.25) is 0 Å². The molecule has 1 rings (SSSR count). The fourth-order valence-electron chi connectivity index (χ4n) is 0.729. The lowest BCUT2D eigenvalue weighted by molar-refractivity contribution is -0.0144. The fraction of sp³-hybridized carbons (Fsp3) is 1.00. The molecule has 0 unspecified atom stereocenters. The molecule has 0 bridgehead atoms. The van der Waals surface area contributed by atoms with Gasteiger partial charge in [-0.25, -0.2) is 0 Å². The molecule has 0 aromatic carbocycles. The maximum absolute atomic E-state index is 9.09. The van der Waals surface area contributed by atoms with Crippen LogP contribution in [0.3, 0.4) is 0 Å². The minimum absolute atomic E-state index is 1.01. The summed E-state index contributed by atoms with van der Waals surface area (Å²) in [6.07, 6.45) is 0. The van der Waals surface area contributed by atoms with Crippen molar-refractivity contribution in [2.24, 2.45) is 0 Å². The van der Waals surface area contributed by atoms with E-state index in [1.165, 1.54) is 0 Å². The van der Waals surface area contributed by atoms with Gasteiger partial charge in [-0.15, -0.1) is 0 Å². The van der Waals surface area contributed by atoms with Crippen LogP contribution in [-0.2, 0) is 12.3 Å². The fourth-order valence-corrected chi connectivity index (χ4v) is 7.69. The molecule has 12 heavy (non-hydrogen) atoms. The summed E-state index contributed by atoms with van der Waals surface area (Å²) in [7, 11) is -13.1. The van der Waals surface area contributed by atoms with E-state index in [2.05, 4.69) is 12.3 Å². The van der Waals surface area contributed by atoms with Gasteiger partial charge < -0.3 is 36.3 Å². The van der Waals surface area contributed by atoms with Crippen molar-refractivity contribution in [2.45, 2.75) is 6.55 Å². The molecule has 0 amide bonds. The summed E-state index contributed by atoms with van der Waals surface area (Å²) < 4.78 is 12.3. The molecule has 1 heterocycles. The SMILES string of the molecule is C[Si]1(O)O[Si](O)(O)O[Si](O)(O)O1. The summed E-state index contributed by atoms with van der Waals surface area (Å²) in [6, 6.07) is 0. The predicted molar refractivity (Wildman–Crippen MR) is 37.5 cm³/mol. The minimum atomic E-state index is -4.61. The topological polar surface area (TPSA) is 129 Å². The van der Waals surface area contributed by atoms with Crippen LogP contribution in [0.1, 0.15) is 0 Å². The third-order valence-corrected chi connectivity index (χ3v) is 8.20. The van der Waals surface area contributed by atoms with E-state index >= 15 is 0 Å². The molecule has 1 aliphatic heterocycles. The highest BCUT2D eigenvalue weighted by Crippen LogP contribution is 2.22. The number of rotatable bonds is 0. The standard InChI is InChI=1S/CH8O8Si3/c1-10(2)7-11(3,4)9-12(5,6)8-10/h2-6H,1H3. The molecule has 0 atom stereocenters. The third kappa shape index (κ3) is 2.68. The molecule has 11 heteroatoms. The summed E-state index contributed by atoms with van der Waals surface area (Å²) in [6.45, 7) is 1.01. The van der Waals surface area contributed by atoms with Gasteiger partial charge >= 0.3 is 26.9 Å². The first-order chi connectivity index (χ1) is 5.12. The Morgan fingerprint density at radius 1 is 0.750 bits per heavy atom. The number of hydrogen-bond acceptors (Lipinski definition) is 8. The third-order valence-electron chi connectivity index (χ3n) is 0.911. The normalized spacial score (nSPS) is 31.5. The molecule has 5 N–H and O–H groups in total. The molecule has 0 radical (unpaired) electrons.